The first kappa shape index (κ1) is 13.9. The Morgan fingerprint density at radius 3 is 2.56 bits per heavy atom. The van der Waals surface area contributed by atoms with E-state index in [1.54, 1.807) is 0 Å². The van der Waals surface area contributed by atoms with E-state index in [1.165, 1.54) is 6.26 Å². The molecule has 16 heavy (non-hydrogen) atoms. The van der Waals surface area contributed by atoms with Crippen LogP contribution in [-0.2, 0) is 9.84 Å². The summed E-state index contributed by atoms with van der Waals surface area (Å²) in [5.74, 6) is 0. The quantitative estimate of drug-likeness (QED) is 0.695. The lowest BCUT2D eigenvalue weighted by molar-refractivity contribution is 0.386. The van der Waals surface area contributed by atoms with Crippen LogP contribution in [0.25, 0.3) is 0 Å². The van der Waals surface area contributed by atoms with Crippen LogP contribution >= 0.6 is 0 Å². The number of hydrogen-bond donors (Lipinski definition) is 1. The number of hydrogen-bond acceptors (Lipinski definition) is 4. The van der Waals surface area contributed by atoms with Gasteiger partial charge < -0.3 is 10.2 Å². The van der Waals surface area contributed by atoms with E-state index in [0.717, 1.165) is 38.8 Å². The van der Waals surface area contributed by atoms with Gasteiger partial charge in [-0.25, -0.2) is 8.42 Å². The minimum atomic E-state index is -2.88. The minimum Gasteiger partial charge on any atom is -0.313 e. The molecule has 0 saturated heterocycles. The van der Waals surface area contributed by atoms with Gasteiger partial charge in [-0.2, -0.15) is 0 Å². The Hall–Kier alpha value is -0.130. The van der Waals surface area contributed by atoms with Gasteiger partial charge in [0.25, 0.3) is 0 Å². The third kappa shape index (κ3) is 4.39. The van der Waals surface area contributed by atoms with Crippen LogP contribution in [0, 0.1) is 0 Å². The lowest BCUT2D eigenvalue weighted by Gasteiger charge is -2.20. The second kappa shape index (κ2) is 5.98. The second-order valence-corrected chi connectivity index (χ2v) is 7.28. The van der Waals surface area contributed by atoms with Crippen molar-refractivity contribution in [1.29, 1.82) is 0 Å². The zero-order chi connectivity index (χ0) is 12.2. The zero-order valence-corrected chi connectivity index (χ0v) is 11.4. The third-order valence-electron chi connectivity index (χ3n) is 3.19. The highest BCUT2D eigenvalue weighted by molar-refractivity contribution is 7.91. The Morgan fingerprint density at radius 1 is 1.31 bits per heavy atom. The summed E-state index contributed by atoms with van der Waals surface area (Å²) in [4.78, 5) is 2.14. The lowest BCUT2D eigenvalue weighted by atomic mass is 10.2. The van der Waals surface area contributed by atoms with Crippen LogP contribution in [-0.4, -0.2) is 58.1 Å². The monoisotopic (exact) mass is 248 g/mol. The van der Waals surface area contributed by atoms with Crippen LogP contribution in [0.1, 0.15) is 25.7 Å². The van der Waals surface area contributed by atoms with Crippen LogP contribution in [0.3, 0.4) is 0 Å². The molecule has 96 valence electrons. The van der Waals surface area contributed by atoms with Crippen molar-refractivity contribution in [2.45, 2.75) is 37.0 Å². The van der Waals surface area contributed by atoms with Gasteiger partial charge in [0.1, 0.15) is 0 Å². The Kier molecular flexibility index (Phi) is 5.21. The van der Waals surface area contributed by atoms with E-state index in [9.17, 15) is 8.42 Å². The van der Waals surface area contributed by atoms with Gasteiger partial charge in [0.15, 0.2) is 9.84 Å². The average Bonchev–Trinajstić information content (AvgIpc) is 2.59. The van der Waals surface area contributed by atoms with Crippen LogP contribution < -0.4 is 5.32 Å². The molecular weight excluding hydrogens is 224 g/mol. The highest BCUT2D eigenvalue weighted by Gasteiger charge is 2.33. The molecule has 5 heteroatoms. The molecule has 0 aromatic carbocycles. The maximum Gasteiger partial charge on any atom is 0.151 e. The highest BCUT2D eigenvalue weighted by Crippen LogP contribution is 2.24. The predicted octanol–water partition coefficient (Wildman–Crippen LogP) is 0.493. The summed E-state index contributed by atoms with van der Waals surface area (Å²) in [5, 5.41) is 3.23. The molecule has 1 saturated carbocycles. The summed E-state index contributed by atoms with van der Waals surface area (Å²) in [7, 11) is 1.22. The fourth-order valence-electron chi connectivity index (χ4n) is 2.35. The number of rotatable bonds is 6. The zero-order valence-electron chi connectivity index (χ0n) is 10.6. The molecule has 1 N–H and O–H groups in total. The fourth-order valence-corrected chi connectivity index (χ4v) is 3.78. The van der Waals surface area contributed by atoms with Gasteiger partial charge in [0.05, 0.1) is 5.25 Å². The summed E-state index contributed by atoms with van der Waals surface area (Å²) >= 11 is 0. The van der Waals surface area contributed by atoms with Crippen LogP contribution in [0.15, 0.2) is 0 Å². The molecule has 4 nitrogen and oxygen atoms in total. The standard InChI is InChI=1S/C11H24N2O2S/c1-13(2)9-5-8-12-10-6-4-7-11(10)16(3,14)15/h10-12H,4-9H2,1-3H3. The molecule has 0 spiro atoms. The van der Waals surface area contributed by atoms with Gasteiger partial charge in [0, 0.05) is 12.3 Å². The molecule has 1 fully saturated rings. The van der Waals surface area contributed by atoms with Gasteiger partial charge in [-0.1, -0.05) is 6.42 Å². The Balaban J connectivity index is 2.31. The predicted molar refractivity (Wildman–Crippen MR) is 67.4 cm³/mol. The van der Waals surface area contributed by atoms with Crippen molar-refractivity contribution in [3.63, 3.8) is 0 Å². The Bertz CT molecular complexity index is 301. The average molecular weight is 248 g/mol. The second-order valence-electron chi connectivity index (χ2n) is 5.02. The van der Waals surface area contributed by atoms with Gasteiger partial charge in [-0.05, 0) is 46.4 Å². The van der Waals surface area contributed by atoms with Crippen LogP contribution in [0.5, 0.6) is 0 Å². The van der Waals surface area contributed by atoms with E-state index in [4.69, 9.17) is 0 Å². The molecular formula is C11H24N2O2S. The summed E-state index contributed by atoms with van der Waals surface area (Å²) in [6.07, 6.45) is 5.28. The van der Waals surface area contributed by atoms with E-state index in [-0.39, 0.29) is 11.3 Å². The number of nitrogens with zero attached hydrogens (tertiary/aromatic N) is 1. The van der Waals surface area contributed by atoms with E-state index >= 15 is 0 Å². The number of nitrogens with one attached hydrogen (secondary N) is 1. The van der Waals surface area contributed by atoms with Crippen molar-refractivity contribution < 1.29 is 8.42 Å². The Morgan fingerprint density at radius 2 is 2.00 bits per heavy atom. The molecule has 2 atom stereocenters. The van der Waals surface area contributed by atoms with Crippen molar-refractivity contribution in [2.75, 3.05) is 33.4 Å². The van der Waals surface area contributed by atoms with Crippen LogP contribution in [0.4, 0.5) is 0 Å². The van der Waals surface area contributed by atoms with Gasteiger partial charge in [-0.3, -0.25) is 0 Å². The fraction of sp³-hybridized carbons (Fsp3) is 1.00. The maximum absolute atomic E-state index is 11.5. The van der Waals surface area contributed by atoms with Crippen molar-refractivity contribution in [1.82, 2.24) is 10.2 Å². The van der Waals surface area contributed by atoms with Crippen molar-refractivity contribution >= 4 is 9.84 Å². The van der Waals surface area contributed by atoms with E-state index in [1.807, 2.05) is 0 Å². The van der Waals surface area contributed by atoms with E-state index in [2.05, 4.69) is 24.3 Å². The van der Waals surface area contributed by atoms with Gasteiger partial charge >= 0.3 is 0 Å². The molecule has 1 aliphatic rings. The highest BCUT2D eigenvalue weighted by atomic mass is 32.2. The smallest absolute Gasteiger partial charge is 0.151 e. The van der Waals surface area contributed by atoms with E-state index in [0.29, 0.717) is 0 Å². The first-order valence-electron chi connectivity index (χ1n) is 5.98. The molecule has 0 aromatic heterocycles. The molecule has 0 radical (unpaired) electrons. The third-order valence-corrected chi connectivity index (χ3v) is 4.86. The summed E-state index contributed by atoms with van der Waals surface area (Å²) in [6.45, 7) is 1.96. The van der Waals surface area contributed by atoms with Gasteiger partial charge in [-0.15, -0.1) is 0 Å². The largest absolute Gasteiger partial charge is 0.313 e. The van der Waals surface area contributed by atoms with Gasteiger partial charge in [0.2, 0.25) is 0 Å². The summed E-state index contributed by atoms with van der Waals surface area (Å²) < 4.78 is 23.1. The number of sulfone groups is 1. The molecule has 0 bridgehead atoms. The molecule has 1 rings (SSSR count). The Labute approximate surface area is 99.3 Å². The minimum absolute atomic E-state index is 0.160. The molecule has 0 aromatic rings. The van der Waals surface area contributed by atoms with Crippen molar-refractivity contribution in [3.8, 4) is 0 Å². The van der Waals surface area contributed by atoms with Crippen LogP contribution in [0.2, 0.25) is 0 Å². The first-order chi connectivity index (χ1) is 7.41. The van der Waals surface area contributed by atoms with E-state index < -0.39 is 9.84 Å². The van der Waals surface area contributed by atoms with Crippen molar-refractivity contribution in [2.24, 2.45) is 0 Å². The SMILES string of the molecule is CN(C)CCCNC1CCCC1S(C)(=O)=O. The molecule has 0 aliphatic heterocycles. The normalized spacial score (nSPS) is 26.5. The molecule has 0 amide bonds. The summed E-state index contributed by atoms with van der Waals surface area (Å²) in [6, 6.07) is 0.178. The topological polar surface area (TPSA) is 49.4 Å². The lowest BCUT2D eigenvalue weighted by Crippen LogP contribution is -2.40. The maximum atomic E-state index is 11.5. The molecule has 1 aliphatic carbocycles. The molecule has 0 heterocycles. The van der Waals surface area contributed by atoms with Crippen molar-refractivity contribution in [3.05, 3.63) is 0 Å². The summed E-state index contributed by atoms with van der Waals surface area (Å²) in [5.41, 5.74) is 0. The first-order valence-corrected chi connectivity index (χ1v) is 7.93. The molecule has 2 unspecified atom stereocenters.